The molecule has 0 aliphatic carbocycles. The first-order valence-corrected chi connectivity index (χ1v) is 16.2. The van der Waals surface area contributed by atoms with Crippen molar-refractivity contribution < 1.29 is 9.59 Å². The lowest BCUT2D eigenvalue weighted by Crippen LogP contribution is -2.40. The standard InChI is InChI=1S/C39H34N4O2/c44-38-34-32-28-15-4-6-17-30(28)40-36(32)37-33(35(34)39(45)43(38)24-23-41-20-8-1-9-21-41)29-16-5-7-18-31(29)42(37)22-19-26-13-10-12-25-11-2-3-14-27(25)26/h2-7,10-18,40H,1,8-9,19-24H2. The number of nitrogens with zero attached hydrogens (tertiary/aromatic N) is 3. The van der Waals surface area contributed by atoms with Gasteiger partial charge in [0.25, 0.3) is 11.8 Å². The van der Waals surface area contributed by atoms with Gasteiger partial charge in [-0.15, -0.1) is 0 Å². The van der Waals surface area contributed by atoms with Crippen molar-refractivity contribution in [2.75, 3.05) is 26.2 Å². The first-order valence-electron chi connectivity index (χ1n) is 16.2. The van der Waals surface area contributed by atoms with Gasteiger partial charge in [-0.25, -0.2) is 0 Å². The summed E-state index contributed by atoms with van der Waals surface area (Å²) in [7, 11) is 0. The van der Waals surface area contributed by atoms with Gasteiger partial charge in [0.05, 0.1) is 22.2 Å². The van der Waals surface area contributed by atoms with Crippen molar-refractivity contribution in [3.8, 4) is 0 Å². The Hall–Kier alpha value is -4.94. The number of para-hydroxylation sites is 2. The zero-order valence-electron chi connectivity index (χ0n) is 25.2. The number of imide groups is 1. The summed E-state index contributed by atoms with van der Waals surface area (Å²) < 4.78 is 2.37. The topological polar surface area (TPSA) is 61.3 Å². The molecule has 5 aromatic carbocycles. The number of aromatic nitrogens is 2. The molecule has 1 saturated heterocycles. The van der Waals surface area contributed by atoms with Crippen LogP contribution in [0.2, 0.25) is 0 Å². The van der Waals surface area contributed by atoms with Crippen molar-refractivity contribution in [2.24, 2.45) is 0 Å². The van der Waals surface area contributed by atoms with E-state index in [0.717, 1.165) is 76.2 Å². The third-order valence-corrected chi connectivity index (χ3v) is 10.2. The monoisotopic (exact) mass is 590 g/mol. The van der Waals surface area contributed by atoms with E-state index >= 15 is 0 Å². The third-order valence-electron chi connectivity index (χ3n) is 10.2. The van der Waals surface area contributed by atoms with Crippen LogP contribution in [0, 0.1) is 0 Å². The Morgan fingerprint density at radius 1 is 0.622 bits per heavy atom. The fourth-order valence-electron chi connectivity index (χ4n) is 8.04. The van der Waals surface area contributed by atoms with E-state index < -0.39 is 0 Å². The van der Waals surface area contributed by atoms with Crippen molar-refractivity contribution in [3.63, 3.8) is 0 Å². The Kier molecular flexibility index (Phi) is 6.07. The summed E-state index contributed by atoms with van der Waals surface area (Å²) in [5, 5.41) is 6.25. The number of hydrogen-bond donors (Lipinski definition) is 1. The highest BCUT2D eigenvalue weighted by Gasteiger charge is 2.41. The maximum Gasteiger partial charge on any atom is 0.262 e. The number of amides is 2. The summed E-state index contributed by atoms with van der Waals surface area (Å²) in [6.45, 7) is 3.94. The normalized spacial score (nSPS) is 15.9. The van der Waals surface area contributed by atoms with Crippen molar-refractivity contribution >= 4 is 66.2 Å². The van der Waals surface area contributed by atoms with Crippen LogP contribution in [0.3, 0.4) is 0 Å². The highest BCUT2D eigenvalue weighted by molar-refractivity contribution is 6.39. The van der Waals surface area contributed by atoms with E-state index in [1.165, 1.54) is 40.5 Å². The zero-order valence-corrected chi connectivity index (χ0v) is 25.2. The zero-order chi connectivity index (χ0) is 30.1. The minimum absolute atomic E-state index is 0.166. The summed E-state index contributed by atoms with van der Waals surface area (Å²) in [6.07, 6.45) is 4.45. The number of fused-ring (bicyclic) bond motifs is 11. The van der Waals surface area contributed by atoms with Crippen LogP contribution < -0.4 is 0 Å². The second-order valence-corrected chi connectivity index (χ2v) is 12.6. The van der Waals surface area contributed by atoms with Crippen LogP contribution in [0.5, 0.6) is 0 Å². The predicted octanol–water partition coefficient (Wildman–Crippen LogP) is 7.91. The number of likely N-dealkylation sites (tertiary alicyclic amines) is 1. The molecule has 9 rings (SSSR count). The van der Waals surface area contributed by atoms with Gasteiger partial charge in [0, 0.05) is 52.2 Å². The van der Waals surface area contributed by atoms with Crippen LogP contribution in [-0.2, 0) is 13.0 Å². The van der Waals surface area contributed by atoms with Crippen LogP contribution in [0.15, 0.2) is 91.0 Å². The van der Waals surface area contributed by atoms with Gasteiger partial charge in [0.1, 0.15) is 0 Å². The van der Waals surface area contributed by atoms with Crippen molar-refractivity contribution in [1.29, 1.82) is 0 Å². The summed E-state index contributed by atoms with van der Waals surface area (Å²) in [6, 6.07) is 31.6. The molecule has 1 fully saturated rings. The lowest BCUT2D eigenvalue weighted by Gasteiger charge is -2.27. The Balaban J connectivity index is 1.27. The Morgan fingerprint density at radius 2 is 1.31 bits per heavy atom. The van der Waals surface area contributed by atoms with Crippen LogP contribution in [0.1, 0.15) is 45.5 Å². The highest BCUT2D eigenvalue weighted by Crippen LogP contribution is 2.45. The van der Waals surface area contributed by atoms with Crippen molar-refractivity contribution in [1.82, 2.24) is 19.4 Å². The van der Waals surface area contributed by atoms with Gasteiger partial charge in [0.15, 0.2) is 0 Å². The van der Waals surface area contributed by atoms with Gasteiger partial charge < -0.3 is 14.5 Å². The molecular formula is C39H34N4O2. The Bertz CT molecular complexity index is 2320. The minimum atomic E-state index is -0.170. The van der Waals surface area contributed by atoms with E-state index in [4.69, 9.17) is 0 Å². The number of H-pyrrole nitrogens is 1. The molecule has 4 heterocycles. The number of aryl methyl sites for hydroxylation is 2. The summed E-state index contributed by atoms with van der Waals surface area (Å²) in [5.74, 6) is -0.336. The van der Waals surface area contributed by atoms with Crippen LogP contribution in [-0.4, -0.2) is 57.3 Å². The molecule has 1 N–H and O–H groups in total. The smallest absolute Gasteiger partial charge is 0.262 e. The largest absolute Gasteiger partial charge is 0.353 e. The summed E-state index contributed by atoms with van der Waals surface area (Å²) in [5.41, 5.74) is 6.39. The molecule has 6 heteroatoms. The number of piperidine rings is 1. The van der Waals surface area contributed by atoms with Crippen LogP contribution in [0.25, 0.3) is 54.4 Å². The molecule has 45 heavy (non-hydrogen) atoms. The Labute approximate surface area is 260 Å². The third kappa shape index (κ3) is 3.98. The summed E-state index contributed by atoms with van der Waals surface area (Å²) >= 11 is 0. The molecular weight excluding hydrogens is 556 g/mol. The molecule has 6 nitrogen and oxygen atoms in total. The molecule has 0 atom stereocenters. The first-order chi connectivity index (χ1) is 22.2. The molecule has 0 radical (unpaired) electrons. The number of carbonyl (C=O) groups is 2. The van der Waals surface area contributed by atoms with Gasteiger partial charge in [-0.05, 0) is 60.8 Å². The molecule has 0 bridgehead atoms. The quantitative estimate of drug-likeness (QED) is 0.200. The van der Waals surface area contributed by atoms with Crippen LogP contribution >= 0.6 is 0 Å². The maximum atomic E-state index is 14.4. The molecule has 2 amide bonds. The van der Waals surface area contributed by atoms with Gasteiger partial charge in [-0.3, -0.25) is 14.5 Å². The second kappa shape index (κ2) is 10.3. The molecule has 0 saturated carbocycles. The average Bonchev–Trinajstić information content (AvgIpc) is 3.70. The predicted molar refractivity (Wildman–Crippen MR) is 182 cm³/mol. The van der Waals surface area contributed by atoms with Gasteiger partial charge in [0.2, 0.25) is 0 Å². The lowest BCUT2D eigenvalue weighted by molar-refractivity contribution is 0.0633. The van der Waals surface area contributed by atoms with E-state index in [1.54, 1.807) is 0 Å². The molecule has 0 spiro atoms. The van der Waals surface area contributed by atoms with E-state index in [1.807, 2.05) is 18.2 Å². The highest BCUT2D eigenvalue weighted by atomic mass is 16.2. The fraction of sp³-hybridized carbons (Fsp3) is 0.231. The van der Waals surface area contributed by atoms with Gasteiger partial charge >= 0.3 is 0 Å². The van der Waals surface area contributed by atoms with Crippen molar-refractivity contribution in [2.45, 2.75) is 32.2 Å². The van der Waals surface area contributed by atoms with E-state index in [-0.39, 0.29) is 11.8 Å². The number of benzene rings is 5. The number of aromatic amines is 1. The average molecular weight is 591 g/mol. The number of nitrogens with one attached hydrogen (secondary N) is 1. The second-order valence-electron chi connectivity index (χ2n) is 12.6. The van der Waals surface area contributed by atoms with E-state index in [0.29, 0.717) is 17.7 Å². The Morgan fingerprint density at radius 3 is 2.16 bits per heavy atom. The molecule has 0 unspecified atom stereocenters. The molecule has 7 aromatic rings. The molecule has 222 valence electrons. The van der Waals surface area contributed by atoms with Crippen LogP contribution in [0.4, 0.5) is 0 Å². The molecule has 2 aromatic heterocycles. The molecule has 2 aliphatic rings. The van der Waals surface area contributed by atoms with E-state index in [2.05, 4.69) is 87.2 Å². The first kappa shape index (κ1) is 26.5. The fourth-order valence-corrected chi connectivity index (χ4v) is 8.04. The SMILES string of the molecule is O=C1c2c(c3c4ccccc4n(CCc4cccc5ccccc45)c3c3[nH]c4ccccc4c23)C(=O)N1CCN1CCCCC1. The van der Waals surface area contributed by atoms with Gasteiger partial charge in [-0.1, -0.05) is 85.3 Å². The van der Waals surface area contributed by atoms with E-state index in [9.17, 15) is 9.59 Å². The maximum absolute atomic E-state index is 14.4. The number of rotatable bonds is 6. The van der Waals surface area contributed by atoms with Gasteiger partial charge in [-0.2, -0.15) is 0 Å². The summed E-state index contributed by atoms with van der Waals surface area (Å²) in [4.78, 5) is 36.4. The minimum Gasteiger partial charge on any atom is -0.353 e. The lowest BCUT2D eigenvalue weighted by atomic mass is 9.96. The van der Waals surface area contributed by atoms with Crippen molar-refractivity contribution in [3.05, 3.63) is 108 Å². The number of carbonyl (C=O) groups excluding carboxylic acids is 2. The number of hydrogen-bond acceptors (Lipinski definition) is 3. The molecule has 2 aliphatic heterocycles.